The van der Waals surface area contributed by atoms with E-state index in [-0.39, 0.29) is 17.5 Å². The minimum Gasteiger partial charge on any atom is -0.376 e. The van der Waals surface area contributed by atoms with Gasteiger partial charge in [-0.2, -0.15) is 0 Å². The van der Waals surface area contributed by atoms with Gasteiger partial charge < -0.3 is 5.32 Å². The van der Waals surface area contributed by atoms with Gasteiger partial charge in [0.25, 0.3) is 0 Å². The molecule has 1 atom stereocenters. The van der Waals surface area contributed by atoms with Gasteiger partial charge in [-0.1, -0.05) is 80.6 Å². The Morgan fingerprint density at radius 2 is 1.31 bits per heavy atom. The molecule has 5 heteroatoms. The van der Waals surface area contributed by atoms with Gasteiger partial charge in [0.2, 0.25) is 10.0 Å². The van der Waals surface area contributed by atoms with E-state index in [9.17, 15) is 8.42 Å². The second kappa shape index (κ2) is 9.72. The van der Waals surface area contributed by atoms with Gasteiger partial charge in [-0.3, -0.25) is 0 Å². The normalized spacial score (nSPS) is 12.5. The molecule has 2 N–H and O–H groups in total. The predicted octanol–water partition coefficient (Wildman–Crippen LogP) is 4.94. The number of rotatable bonds is 9. The molecule has 29 heavy (non-hydrogen) atoms. The van der Waals surface area contributed by atoms with Gasteiger partial charge in [0.1, 0.15) is 0 Å². The van der Waals surface area contributed by atoms with Gasteiger partial charge >= 0.3 is 0 Å². The molecule has 152 valence electrons. The zero-order valence-corrected chi connectivity index (χ0v) is 17.7. The van der Waals surface area contributed by atoms with Crippen molar-refractivity contribution in [2.75, 3.05) is 11.9 Å². The van der Waals surface area contributed by atoms with Crippen molar-refractivity contribution in [3.8, 4) is 0 Å². The maximum absolute atomic E-state index is 12.7. The van der Waals surface area contributed by atoms with Crippen LogP contribution in [0.25, 0.3) is 0 Å². The molecule has 0 spiro atoms. The van der Waals surface area contributed by atoms with E-state index in [1.165, 1.54) is 11.1 Å². The molecule has 0 fully saturated rings. The lowest BCUT2D eigenvalue weighted by Gasteiger charge is -2.24. The number of nitrogens with one attached hydrogen (secondary N) is 2. The molecule has 3 aromatic carbocycles. The monoisotopic (exact) mass is 408 g/mol. The first-order chi connectivity index (χ1) is 14.0. The van der Waals surface area contributed by atoms with Crippen molar-refractivity contribution in [3.63, 3.8) is 0 Å². The van der Waals surface area contributed by atoms with Crippen LogP contribution in [0.2, 0.25) is 0 Å². The molecule has 0 unspecified atom stereocenters. The highest BCUT2D eigenvalue weighted by Crippen LogP contribution is 2.27. The maximum atomic E-state index is 12.7. The van der Waals surface area contributed by atoms with Crippen molar-refractivity contribution < 1.29 is 8.42 Å². The van der Waals surface area contributed by atoms with Gasteiger partial charge in [0.15, 0.2) is 0 Å². The lowest BCUT2D eigenvalue weighted by molar-refractivity contribution is 0.576. The van der Waals surface area contributed by atoms with Crippen LogP contribution >= 0.6 is 0 Å². The van der Waals surface area contributed by atoms with Crippen LogP contribution in [0.3, 0.4) is 0 Å². The number of hydrogen-bond acceptors (Lipinski definition) is 3. The molecule has 0 aliphatic rings. The maximum Gasteiger partial charge on any atom is 0.240 e. The molecular weight excluding hydrogens is 380 g/mol. The average Bonchev–Trinajstić information content (AvgIpc) is 2.77. The summed E-state index contributed by atoms with van der Waals surface area (Å²) >= 11 is 0. The molecule has 4 nitrogen and oxygen atoms in total. The Balaban J connectivity index is 1.89. The van der Waals surface area contributed by atoms with E-state index < -0.39 is 10.0 Å². The number of para-hydroxylation sites is 1. The second-order valence-electron chi connectivity index (χ2n) is 6.93. The van der Waals surface area contributed by atoms with Gasteiger partial charge in [0.05, 0.1) is 10.9 Å². The fourth-order valence-corrected chi connectivity index (χ4v) is 4.48. The SMILES string of the molecule is CCc1cccc(CC)c1N[C@H](CNS(=O)(=O)c1ccccc1)c1ccccc1. The summed E-state index contributed by atoms with van der Waals surface area (Å²) < 4.78 is 28.2. The van der Waals surface area contributed by atoms with E-state index in [0.29, 0.717) is 0 Å². The van der Waals surface area contributed by atoms with Crippen molar-refractivity contribution in [2.45, 2.75) is 37.6 Å². The molecule has 0 bridgehead atoms. The van der Waals surface area contributed by atoms with Crippen LogP contribution in [0.1, 0.15) is 36.6 Å². The summed E-state index contributed by atoms with van der Waals surface area (Å²) in [4.78, 5) is 0.273. The smallest absolute Gasteiger partial charge is 0.240 e. The number of benzene rings is 3. The van der Waals surface area contributed by atoms with Crippen LogP contribution in [0, 0.1) is 0 Å². The van der Waals surface area contributed by atoms with Crippen LogP contribution in [0.15, 0.2) is 83.8 Å². The van der Waals surface area contributed by atoms with E-state index in [1.54, 1.807) is 30.3 Å². The Morgan fingerprint density at radius 1 is 0.759 bits per heavy atom. The Kier molecular flexibility index (Phi) is 7.07. The second-order valence-corrected chi connectivity index (χ2v) is 8.70. The third-order valence-electron chi connectivity index (χ3n) is 5.05. The Bertz CT molecular complexity index is 997. The van der Waals surface area contributed by atoms with Gasteiger partial charge in [-0.25, -0.2) is 13.1 Å². The average molecular weight is 409 g/mol. The molecule has 0 amide bonds. The molecule has 0 saturated carbocycles. The summed E-state index contributed by atoms with van der Waals surface area (Å²) in [5.74, 6) is 0. The largest absolute Gasteiger partial charge is 0.376 e. The highest BCUT2D eigenvalue weighted by atomic mass is 32.2. The number of hydrogen-bond donors (Lipinski definition) is 2. The van der Waals surface area contributed by atoms with Crippen LogP contribution in [-0.4, -0.2) is 15.0 Å². The first kappa shape index (κ1) is 21.1. The van der Waals surface area contributed by atoms with Gasteiger partial charge in [-0.15, -0.1) is 0 Å². The van der Waals surface area contributed by atoms with Crippen molar-refractivity contribution in [1.82, 2.24) is 4.72 Å². The highest BCUT2D eigenvalue weighted by Gasteiger charge is 2.19. The number of anilines is 1. The molecular formula is C24H28N2O2S. The minimum absolute atomic E-state index is 0.187. The summed E-state index contributed by atoms with van der Waals surface area (Å²) in [5.41, 5.74) is 4.61. The quantitative estimate of drug-likeness (QED) is 0.527. The molecule has 3 aromatic rings. The van der Waals surface area contributed by atoms with Crippen molar-refractivity contribution in [2.24, 2.45) is 0 Å². The molecule has 0 heterocycles. The first-order valence-electron chi connectivity index (χ1n) is 10.0. The fraction of sp³-hybridized carbons (Fsp3) is 0.250. The number of aryl methyl sites for hydroxylation is 2. The van der Waals surface area contributed by atoms with E-state index in [4.69, 9.17) is 0 Å². The van der Waals surface area contributed by atoms with Crippen LogP contribution in [-0.2, 0) is 22.9 Å². The van der Waals surface area contributed by atoms with Crippen LogP contribution < -0.4 is 10.0 Å². The third-order valence-corrected chi connectivity index (χ3v) is 6.49. The Labute approximate surface area is 174 Å². The highest BCUT2D eigenvalue weighted by molar-refractivity contribution is 7.89. The predicted molar refractivity (Wildman–Crippen MR) is 120 cm³/mol. The molecule has 0 aliphatic carbocycles. The summed E-state index contributed by atoms with van der Waals surface area (Å²) in [5, 5.41) is 3.63. The van der Waals surface area contributed by atoms with Crippen LogP contribution in [0.4, 0.5) is 5.69 Å². The topological polar surface area (TPSA) is 58.2 Å². The van der Waals surface area contributed by atoms with Crippen molar-refractivity contribution >= 4 is 15.7 Å². The first-order valence-corrected chi connectivity index (χ1v) is 11.5. The molecule has 0 saturated heterocycles. The summed E-state index contributed by atoms with van der Waals surface area (Å²) in [6.45, 7) is 4.52. The molecule has 3 rings (SSSR count). The van der Waals surface area contributed by atoms with Gasteiger partial charge in [-0.05, 0) is 41.7 Å². The lowest BCUT2D eigenvalue weighted by atomic mass is 10.0. The third kappa shape index (κ3) is 5.25. The minimum atomic E-state index is -3.58. The van der Waals surface area contributed by atoms with Crippen molar-refractivity contribution in [1.29, 1.82) is 0 Å². The molecule has 0 aromatic heterocycles. The summed E-state index contributed by atoms with van der Waals surface area (Å²) in [7, 11) is -3.58. The van der Waals surface area contributed by atoms with Crippen LogP contribution in [0.5, 0.6) is 0 Å². The van der Waals surface area contributed by atoms with E-state index in [1.807, 2.05) is 30.3 Å². The molecule has 0 aliphatic heterocycles. The zero-order chi connectivity index (χ0) is 20.7. The summed E-state index contributed by atoms with van der Waals surface area (Å²) in [6.07, 6.45) is 1.82. The lowest BCUT2D eigenvalue weighted by Crippen LogP contribution is -2.32. The fourth-order valence-electron chi connectivity index (χ4n) is 3.42. The number of sulfonamides is 1. The summed E-state index contributed by atoms with van der Waals surface area (Å²) in [6, 6.07) is 24.6. The standard InChI is InChI=1S/C24H28N2O2S/c1-3-19-14-11-15-20(4-2)24(19)26-23(21-12-7-5-8-13-21)18-25-29(27,28)22-16-9-6-10-17-22/h5-17,23,25-26H,3-4,18H2,1-2H3/t23-/m1/s1. The van der Waals surface area contributed by atoms with E-state index in [2.05, 4.69) is 42.1 Å². The van der Waals surface area contributed by atoms with E-state index in [0.717, 1.165) is 24.1 Å². The Morgan fingerprint density at radius 3 is 1.86 bits per heavy atom. The zero-order valence-electron chi connectivity index (χ0n) is 16.9. The van der Waals surface area contributed by atoms with E-state index >= 15 is 0 Å². The van der Waals surface area contributed by atoms with Gasteiger partial charge in [0, 0.05) is 12.2 Å². The Hall–Kier alpha value is -2.63. The van der Waals surface area contributed by atoms with Crippen molar-refractivity contribution in [3.05, 3.63) is 95.6 Å². The molecule has 0 radical (unpaired) electrons.